The number of rotatable bonds is 3. The van der Waals surface area contributed by atoms with Gasteiger partial charge in [0, 0.05) is 10.5 Å². The van der Waals surface area contributed by atoms with Crippen molar-refractivity contribution in [3.63, 3.8) is 0 Å². The molecule has 0 aromatic heterocycles. The molecule has 0 saturated heterocycles. The molecular formula is C14H23F2IO. The number of alkyl halides is 3. The second-order valence-electron chi connectivity index (χ2n) is 5.98. The highest BCUT2D eigenvalue weighted by atomic mass is 127. The van der Waals surface area contributed by atoms with Gasteiger partial charge in [0.05, 0.1) is 6.10 Å². The summed E-state index contributed by atoms with van der Waals surface area (Å²) in [6.45, 7) is 2.90. The van der Waals surface area contributed by atoms with Crippen molar-refractivity contribution in [3.8, 4) is 0 Å². The van der Waals surface area contributed by atoms with Gasteiger partial charge >= 0.3 is 0 Å². The smallest absolute Gasteiger partial charge is 0.158 e. The van der Waals surface area contributed by atoms with Crippen LogP contribution < -0.4 is 0 Å². The van der Waals surface area contributed by atoms with Crippen LogP contribution in [0, 0.1) is 11.8 Å². The van der Waals surface area contributed by atoms with Crippen LogP contribution in [0.3, 0.4) is 0 Å². The lowest BCUT2D eigenvalue weighted by molar-refractivity contribution is -0.0661. The third-order valence-corrected chi connectivity index (χ3v) is 5.72. The molecule has 4 heteroatoms. The van der Waals surface area contributed by atoms with Crippen LogP contribution in [0.5, 0.6) is 0 Å². The fourth-order valence-electron chi connectivity index (χ4n) is 2.98. The van der Waals surface area contributed by atoms with Crippen LogP contribution in [0.1, 0.15) is 45.4 Å². The predicted octanol–water partition coefficient (Wildman–Crippen LogP) is 4.47. The highest BCUT2D eigenvalue weighted by Gasteiger charge is 2.40. The molecule has 0 radical (unpaired) electrons. The first kappa shape index (κ1) is 14.9. The summed E-state index contributed by atoms with van der Waals surface area (Å²) in [5.41, 5.74) is 0. The number of ether oxygens (including phenoxy) is 1. The van der Waals surface area contributed by atoms with Gasteiger partial charge < -0.3 is 4.74 Å². The van der Waals surface area contributed by atoms with Crippen LogP contribution in [-0.2, 0) is 4.74 Å². The van der Waals surface area contributed by atoms with Gasteiger partial charge in [0.25, 0.3) is 0 Å². The summed E-state index contributed by atoms with van der Waals surface area (Å²) in [5, 5.41) is 0. The van der Waals surface area contributed by atoms with E-state index in [0.717, 1.165) is 12.3 Å². The first-order valence-electron chi connectivity index (χ1n) is 7.11. The molecule has 0 N–H and O–H groups in total. The van der Waals surface area contributed by atoms with E-state index in [0.29, 0.717) is 18.9 Å². The van der Waals surface area contributed by atoms with Gasteiger partial charge in [-0.25, -0.2) is 8.78 Å². The molecule has 0 aromatic carbocycles. The third kappa shape index (κ3) is 3.78. The molecule has 0 spiro atoms. The minimum Gasteiger partial charge on any atom is -0.375 e. The number of halogens is 3. The van der Waals surface area contributed by atoms with E-state index in [-0.39, 0.29) is 3.92 Å². The van der Waals surface area contributed by atoms with Gasteiger partial charge in [0.15, 0.2) is 6.17 Å². The van der Waals surface area contributed by atoms with Crippen molar-refractivity contribution in [2.45, 2.75) is 67.8 Å². The van der Waals surface area contributed by atoms with Crippen LogP contribution in [0.15, 0.2) is 0 Å². The maximum absolute atomic E-state index is 13.8. The van der Waals surface area contributed by atoms with Gasteiger partial charge in [-0.15, -0.1) is 0 Å². The SMILES string of the molecule is CC1CCC(COC2CCC(I)C(F)C2F)CC1. The zero-order valence-corrected chi connectivity index (χ0v) is 13.1. The van der Waals surface area contributed by atoms with Gasteiger partial charge in [0.2, 0.25) is 0 Å². The Hall–Kier alpha value is 0.550. The fraction of sp³-hybridized carbons (Fsp3) is 1.00. The Morgan fingerprint density at radius 1 is 1.00 bits per heavy atom. The van der Waals surface area contributed by atoms with E-state index in [1.54, 1.807) is 0 Å². The van der Waals surface area contributed by atoms with Crippen molar-refractivity contribution >= 4 is 22.6 Å². The maximum atomic E-state index is 13.8. The molecule has 2 fully saturated rings. The molecule has 4 unspecified atom stereocenters. The van der Waals surface area contributed by atoms with E-state index in [2.05, 4.69) is 6.92 Å². The Morgan fingerprint density at radius 3 is 2.33 bits per heavy atom. The highest BCUT2D eigenvalue weighted by molar-refractivity contribution is 14.1. The Morgan fingerprint density at radius 2 is 1.67 bits per heavy atom. The van der Waals surface area contributed by atoms with Gasteiger partial charge in [-0.3, -0.25) is 0 Å². The van der Waals surface area contributed by atoms with Crippen molar-refractivity contribution in [1.29, 1.82) is 0 Å². The van der Waals surface area contributed by atoms with Crippen LogP contribution in [-0.4, -0.2) is 29.0 Å². The molecule has 0 heterocycles. The first-order valence-corrected chi connectivity index (χ1v) is 8.36. The molecule has 2 aliphatic rings. The molecule has 106 valence electrons. The molecule has 0 amide bonds. The van der Waals surface area contributed by atoms with Crippen LogP contribution in [0.2, 0.25) is 0 Å². The molecule has 1 nitrogen and oxygen atoms in total. The average molecular weight is 372 g/mol. The number of hydrogen-bond acceptors (Lipinski definition) is 1. The summed E-state index contributed by atoms with van der Waals surface area (Å²) < 4.78 is 32.9. The van der Waals surface area contributed by atoms with Crippen molar-refractivity contribution in [2.75, 3.05) is 6.61 Å². The summed E-state index contributed by atoms with van der Waals surface area (Å²) in [5.74, 6) is 1.38. The van der Waals surface area contributed by atoms with Crippen molar-refractivity contribution in [1.82, 2.24) is 0 Å². The summed E-state index contributed by atoms with van der Waals surface area (Å²) in [7, 11) is 0. The largest absolute Gasteiger partial charge is 0.375 e. The summed E-state index contributed by atoms with van der Waals surface area (Å²) in [6, 6.07) is 0. The highest BCUT2D eigenvalue weighted by Crippen LogP contribution is 2.33. The van der Waals surface area contributed by atoms with E-state index in [9.17, 15) is 8.78 Å². The lowest BCUT2D eigenvalue weighted by Gasteiger charge is -2.34. The molecular weight excluding hydrogens is 349 g/mol. The van der Waals surface area contributed by atoms with E-state index >= 15 is 0 Å². The van der Waals surface area contributed by atoms with Gasteiger partial charge in [-0.2, -0.15) is 0 Å². The molecule has 4 atom stereocenters. The standard InChI is InChI=1S/C14H23F2IO/c1-9-2-4-10(5-3-9)8-18-12-7-6-11(17)13(15)14(12)16/h9-14H,2-8H2,1H3. The number of hydrogen-bond donors (Lipinski definition) is 0. The average Bonchev–Trinajstić information content (AvgIpc) is 2.37. The van der Waals surface area contributed by atoms with E-state index in [1.165, 1.54) is 25.7 Å². The Bertz CT molecular complexity index is 256. The Labute approximate surface area is 122 Å². The zero-order chi connectivity index (χ0) is 13.1. The molecule has 2 saturated carbocycles. The maximum Gasteiger partial charge on any atom is 0.158 e. The topological polar surface area (TPSA) is 9.23 Å². The minimum absolute atomic E-state index is 0.187. The lowest BCUT2D eigenvalue weighted by atomic mass is 9.83. The first-order chi connectivity index (χ1) is 8.58. The second kappa shape index (κ2) is 6.82. The molecule has 2 aliphatic carbocycles. The Kier molecular flexibility index (Phi) is 5.66. The van der Waals surface area contributed by atoms with Crippen molar-refractivity contribution < 1.29 is 13.5 Å². The third-order valence-electron chi connectivity index (χ3n) is 4.41. The Balaban J connectivity index is 1.73. The predicted molar refractivity (Wildman–Crippen MR) is 77.7 cm³/mol. The normalized spacial score (nSPS) is 46.0. The van der Waals surface area contributed by atoms with Crippen LogP contribution >= 0.6 is 22.6 Å². The van der Waals surface area contributed by atoms with Gasteiger partial charge in [-0.1, -0.05) is 42.4 Å². The summed E-state index contributed by atoms with van der Waals surface area (Å²) in [4.78, 5) is 0. The molecule has 0 aliphatic heterocycles. The molecule has 2 rings (SSSR count). The van der Waals surface area contributed by atoms with Crippen molar-refractivity contribution in [3.05, 3.63) is 0 Å². The molecule has 0 bridgehead atoms. The quantitative estimate of drug-likeness (QED) is 0.525. The van der Waals surface area contributed by atoms with Crippen LogP contribution in [0.4, 0.5) is 8.78 Å². The van der Waals surface area contributed by atoms with Gasteiger partial charge in [-0.05, 0) is 37.5 Å². The zero-order valence-electron chi connectivity index (χ0n) is 11.0. The molecule has 18 heavy (non-hydrogen) atoms. The lowest BCUT2D eigenvalue weighted by Crippen LogP contribution is -2.43. The van der Waals surface area contributed by atoms with Crippen LogP contribution in [0.25, 0.3) is 0 Å². The van der Waals surface area contributed by atoms with E-state index < -0.39 is 18.4 Å². The van der Waals surface area contributed by atoms with Crippen molar-refractivity contribution in [2.24, 2.45) is 11.8 Å². The van der Waals surface area contributed by atoms with E-state index in [1.807, 2.05) is 22.6 Å². The molecule has 0 aromatic rings. The van der Waals surface area contributed by atoms with Gasteiger partial charge in [0.1, 0.15) is 6.17 Å². The monoisotopic (exact) mass is 372 g/mol. The second-order valence-corrected chi connectivity index (χ2v) is 7.58. The summed E-state index contributed by atoms with van der Waals surface area (Å²) >= 11 is 2.01. The minimum atomic E-state index is -1.43. The fourth-order valence-corrected chi connectivity index (χ4v) is 3.73. The summed E-state index contributed by atoms with van der Waals surface area (Å²) in [6.07, 6.45) is 2.97. The van der Waals surface area contributed by atoms with E-state index in [4.69, 9.17) is 4.74 Å².